The molecule has 2 aliphatic heterocycles. The Balaban J connectivity index is 1.71. The number of ether oxygens (including phenoxy) is 1. The summed E-state index contributed by atoms with van der Waals surface area (Å²) in [7, 11) is 0. The van der Waals surface area contributed by atoms with E-state index >= 15 is 0 Å². The van der Waals surface area contributed by atoms with Crippen molar-refractivity contribution in [2.75, 3.05) is 26.2 Å². The molecule has 2 amide bonds. The van der Waals surface area contributed by atoms with Crippen molar-refractivity contribution in [3.63, 3.8) is 0 Å². The largest absolute Gasteiger partial charge is 0.376 e. The molecule has 19 heavy (non-hydrogen) atoms. The van der Waals surface area contributed by atoms with E-state index in [1.165, 1.54) is 0 Å². The van der Waals surface area contributed by atoms with Crippen LogP contribution in [0, 0.1) is 0 Å². The predicted molar refractivity (Wildman–Crippen MR) is 71.6 cm³/mol. The zero-order valence-corrected chi connectivity index (χ0v) is 11.5. The number of carbonyl (C=O) groups is 2. The summed E-state index contributed by atoms with van der Waals surface area (Å²) in [4.78, 5) is 25.4. The van der Waals surface area contributed by atoms with Crippen molar-refractivity contribution in [2.45, 2.75) is 51.0 Å². The summed E-state index contributed by atoms with van der Waals surface area (Å²) in [5.74, 6) is 0.0522. The van der Waals surface area contributed by atoms with E-state index in [-0.39, 0.29) is 24.5 Å². The van der Waals surface area contributed by atoms with E-state index in [1.807, 2.05) is 0 Å². The average molecular weight is 268 g/mol. The van der Waals surface area contributed by atoms with Crippen molar-refractivity contribution < 1.29 is 14.3 Å². The molecule has 0 saturated carbocycles. The van der Waals surface area contributed by atoms with Gasteiger partial charge in [0.1, 0.15) is 0 Å². The Morgan fingerprint density at radius 1 is 1.26 bits per heavy atom. The monoisotopic (exact) mass is 268 g/mol. The fourth-order valence-electron chi connectivity index (χ4n) is 2.64. The number of nitrogens with one attached hydrogen (secondary N) is 1. The van der Waals surface area contributed by atoms with Crippen LogP contribution < -0.4 is 5.32 Å². The molecular formula is C14H24N2O3. The van der Waals surface area contributed by atoms with Gasteiger partial charge in [-0.15, -0.1) is 0 Å². The first kappa shape index (κ1) is 14.3. The SMILES string of the molecule is O=C(CN1CCCCCCC1=O)NCC1CCCO1. The Hall–Kier alpha value is -1.10. The highest BCUT2D eigenvalue weighted by Gasteiger charge is 2.20. The molecule has 0 aromatic heterocycles. The van der Waals surface area contributed by atoms with Crippen molar-refractivity contribution >= 4 is 11.8 Å². The van der Waals surface area contributed by atoms with Crippen LogP contribution in [0.3, 0.4) is 0 Å². The van der Waals surface area contributed by atoms with Gasteiger partial charge >= 0.3 is 0 Å². The molecule has 0 spiro atoms. The van der Waals surface area contributed by atoms with Crippen molar-refractivity contribution in [1.29, 1.82) is 0 Å². The highest BCUT2D eigenvalue weighted by atomic mass is 16.5. The van der Waals surface area contributed by atoms with Crippen molar-refractivity contribution in [1.82, 2.24) is 10.2 Å². The molecule has 0 radical (unpaired) electrons. The quantitative estimate of drug-likeness (QED) is 0.830. The molecule has 5 heteroatoms. The molecule has 1 atom stereocenters. The highest BCUT2D eigenvalue weighted by Crippen LogP contribution is 2.12. The van der Waals surface area contributed by atoms with Gasteiger partial charge in [-0.05, 0) is 25.7 Å². The van der Waals surface area contributed by atoms with Crippen LogP contribution in [-0.4, -0.2) is 49.1 Å². The lowest BCUT2D eigenvalue weighted by Gasteiger charge is -2.24. The zero-order valence-electron chi connectivity index (χ0n) is 11.5. The average Bonchev–Trinajstić information content (AvgIpc) is 2.89. The first-order valence-corrected chi connectivity index (χ1v) is 7.42. The molecule has 2 fully saturated rings. The van der Waals surface area contributed by atoms with Gasteiger partial charge in [0.25, 0.3) is 0 Å². The van der Waals surface area contributed by atoms with Crippen LogP contribution in [0.1, 0.15) is 44.9 Å². The fourth-order valence-corrected chi connectivity index (χ4v) is 2.64. The summed E-state index contributed by atoms with van der Waals surface area (Å²) >= 11 is 0. The van der Waals surface area contributed by atoms with Gasteiger partial charge in [0.15, 0.2) is 0 Å². The highest BCUT2D eigenvalue weighted by molar-refractivity contribution is 5.84. The van der Waals surface area contributed by atoms with Crippen molar-refractivity contribution in [3.8, 4) is 0 Å². The molecule has 0 bridgehead atoms. The standard InChI is InChI=1S/C14H24N2O3/c17-13(15-10-12-6-5-9-19-12)11-16-8-4-2-1-3-7-14(16)18/h12H,1-11H2,(H,15,17). The minimum absolute atomic E-state index is 0.0653. The summed E-state index contributed by atoms with van der Waals surface area (Å²) in [6, 6.07) is 0. The summed E-state index contributed by atoms with van der Waals surface area (Å²) in [5.41, 5.74) is 0. The Labute approximate surface area is 114 Å². The number of nitrogens with zero attached hydrogens (tertiary/aromatic N) is 1. The number of rotatable bonds is 4. The third-order valence-corrected chi connectivity index (χ3v) is 3.81. The van der Waals surface area contributed by atoms with Crippen molar-refractivity contribution in [3.05, 3.63) is 0 Å². The predicted octanol–water partition coefficient (Wildman–Crippen LogP) is 1.07. The van der Waals surface area contributed by atoms with Gasteiger partial charge in [-0.3, -0.25) is 9.59 Å². The Bertz CT molecular complexity index is 314. The van der Waals surface area contributed by atoms with E-state index < -0.39 is 0 Å². The maximum atomic E-state index is 11.9. The zero-order chi connectivity index (χ0) is 13.5. The van der Waals surface area contributed by atoms with Crippen LogP contribution >= 0.6 is 0 Å². The lowest BCUT2D eigenvalue weighted by molar-refractivity contribution is -0.136. The van der Waals surface area contributed by atoms with Gasteiger partial charge in [-0.2, -0.15) is 0 Å². The van der Waals surface area contributed by atoms with Gasteiger partial charge in [0.05, 0.1) is 12.6 Å². The van der Waals surface area contributed by atoms with Gasteiger partial charge in [-0.25, -0.2) is 0 Å². The second kappa shape index (κ2) is 7.48. The molecule has 1 unspecified atom stereocenters. The van der Waals surface area contributed by atoms with Gasteiger partial charge in [-0.1, -0.05) is 12.8 Å². The van der Waals surface area contributed by atoms with Crippen LogP contribution in [0.2, 0.25) is 0 Å². The van der Waals surface area contributed by atoms with Gasteiger partial charge in [0.2, 0.25) is 11.8 Å². The molecule has 2 heterocycles. The van der Waals surface area contributed by atoms with Crippen LogP contribution in [0.15, 0.2) is 0 Å². The first-order chi connectivity index (χ1) is 9.25. The van der Waals surface area contributed by atoms with Crippen molar-refractivity contribution in [2.24, 2.45) is 0 Å². The number of likely N-dealkylation sites (tertiary alicyclic amines) is 1. The molecule has 108 valence electrons. The maximum Gasteiger partial charge on any atom is 0.239 e. The molecule has 5 nitrogen and oxygen atoms in total. The third-order valence-electron chi connectivity index (χ3n) is 3.81. The number of carbonyl (C=O) groups excluding carboxylic acids is 2. The molecule has 0 aromatic carbocycles. The molecule has 2 saturated heterocycles. The summed E-state index contributed by atoms with van der Waals surface area (Å²) < 4.78 is 5.46. The summed E-state index contributed by atoms with van der Waals surface area (Å²) in [6.45, 7) is 2.28. The normalized spacial score (nSPS) is 24.9. The lowest BCUT2D eigenvalue weighted by Crippen LogP contribution is -2.43. The van der Waals surface area contributed by atoms with Crippen LogP contribution in [0.25, 0.3) is 0 Å². The molecule has 2 aliphatic rings. The Kier molecular flexibility index (Phi) is 5.63. The maximum absolute atomic E-state index is 11.9. The second-order valence-corrected chi connectivity index (χ2v) is 5.42. The van der Waals surface area contributed by atoms with Crippen LogP contribution in [0.5, 0.6) is 0 Å². The van der Waals surface area contributed by atoms with E-state index in [1.54, 1.807) is 4.90 Å². The molecule has 1 N–H and O–H groups in total. The smallest absolute Gasteiger partial charge is 0.239 e. The molecule has 0 aromatic rings. The topological polar surface area (TPSA) is 58.6 Å². The third kappa shape index (κ3) is 4.82. The first-order valence-electron chi connectivity index (χ1n) is 7.42. The van der Waals surface area contributed by atoms with Gasteiger partial charge in [0, 0.05) is 26.1 Å². The van der Waals surface area contributed by atoms with Crippen LogP contribution in [-0.2, 0) is 14.3 Å². The van der Waals surface area contributed by atoms with E-state index in [2.05, 4.69) is 5.32 Å². The Morgan fingerprint density at radius 3 is 2.89 bits per heavy atom. The number of amides is 2. The number of hydrogen-bond donors (Lipinski definition) is 1. The number of hydrogen-bond acceptors (Lipinski definition) is 3. The van der Waals surface area contributed by atoms with Gasteiger partial charge < -0.3 is 15.0 Å². The molecular weight excluding hydrogens is 244 g/mol. The van der Waals surface area contributed by atoms with E-state index in [9.17, 15) is 9.59 Å². The fraction of sp³-hybridized carbons (Fsp3) is 0.857. The minimum Gasteiger partial charge on any atom is -0.376 e. The lowest BCUT2D eigenvalue weighted by atomic mass is 10.1. The molecule has 2 rings (SSSR count). The van der Waals surface area contributed by atoms with Crippen LogP contribution in [0.4, 0.5) is 0 Å². The van der Waals surface area contributed by atoms with E-state index in [4.69, 9.17) is 4.74 Å². The second-order valence-electron chi connectivity index (χ2n) is 5.42. The molecule has 0 aliphatic carbocycles. The van der Waals surface area contributed by atoms with E-state index in [0.29, 0.717) is 19.5 Å². The minimum atomic E-state index is -0.0653. The summed E-state index contributed by atoms with van der Waals surface area (Å²) in [6.07, 6.45) is 7.07. The van der Waals surface area contributed by atoms with E-state index in [0.717, 1.165) is 45.1 Å². The summed E-state index contributed by atoms with van der Waals surface area (Å²) in [5, 5.41) is 2.87. The Morgan fingerprint density at radius 2 is 2.11 bits per heavy atom.